The summed E-state index contributed by atoms with van der Waals surface area (Å²) in [5.41, 5.74) is 2.04. The molecule has 4 rings (SSSR count). The molecular weight excluding hydrogens is 328 g/mol. The van der Waals surface area contributed by atoms with Gasteiger partial charge >= 0.3 is 0 Å². The van der Waals surface area contributed by atoms with E-state index in [2.05, 4.69) is 10.3 Å². The highest BCUT2D eigenvalue weighted by Crippen LogP contribution is 2.22. The van der Waals surface area contributed by atoms with Crippen LogP contribution in [0.5, 0.6) is 0 Å². The van der Waals surface area contributed by atoms with Gasteiger partial charge in [-0.3, -0.25) is 9.59 Å². The summed E-state index contributed by atoms with van der Waals surface area (Å²) in [4.78, 5) is 28.3. The summed E-state index contributed by atoms with van der Waals surface area (Å²) in [5.74, 6) is 0.0587. The van der Waals surface area contributed by atoms with Crippen molar-refractivity contribution < 1.29 is 9.21 Å². The molecule has 1 aromatic heterocycles. The van der Waals surface area contributed by atoms with Gasteiger partial charge in [-0.1, -0.05) is 30.3 Å². The highest BCUT2D eigenvalue weighted by atomic mass is 16.3. The monoisotopic (exact) mass is 342 g/mol. The molecule has 126 valence electrons. The number of hydrogen-bond acceptors (Lipinski definition) is 4. The third-order valence-electron chi connectivity index (χ3n) is 3.95. The van der Waals surface area contributed by atoms with E-state index in [1.807, 2.05) is 18.2 Å². The molecule has 1 N–H and O–H groups in total. The molecule has 0 unspecified atom stereocenters. The van der Waals surface area contributed by atoms with Crippen LogP contribution in [0.1, 0.15) is 10.4 Å². The van der Waals surface area contributed by atoms with E-state index in [-0.39, 0.29) is 17.4 Å². The number of nitrogens with one attached hydrogen (secondary N) is 1. The molecule has 1 amide bonds. The lowest BCUT2D eigenvalue weighted by Gasteiger charge is -2.06. The van der Waals surface area contributed by atoms with Crippen molar-refractivity contribution in [2.24, 2.45) is 0 Å². The normalized spacial score (nSPS) is 10.6. The number of carbonyl (C=O) groups is 1. The molecule has 0 fully saturated rings. The molecule has 1 heterocycles. The predicted molar refractivity (Wildman–Crippen MR) is 100 cm³/mol. The molecule has 0 spiro atoms. The second-order valence-corrected chi connectivity index (χ2v) is 5.72. The van der Waals surface area contributed by atoms with E-state index >= 15 is 0 Å². The molecule has 26 heavy (non-hydrogen) atoms. The first-order chi connectivity index (χ1) is 12.7. The van der Waals surface area contributed by atoms with Gasteiger partial charge in [0, 0.05) is 16.8 Å². The zero-order valence-electron chi connectivity index (χ0n) is 13.7. The Morgan fingerprint density at radius 1 is 0.846 bits per heavy atom. The number of benzene rings is 3. The summed E-state index contributed by atoms with van der Waals surface area (Å²) >= 11 is 0. The third kappa shape index (κ3) is 3.10. The Kier molecular flexibility index (Phi) is 4.03. The fourth-order valence-corrected chi connectivity index (χ4v) is 2.62. The fourth-order valence-electron chi connectivity index (χ4n) is 2.62. The van der Waals surface area contributed by atoms with Crippen molar-refractivity contribution in [2.75, 3.05) is 5.32 Å². The SMILES string of the molecule is O=C(Nc1ccc(-c2nc(=O)c3ccccc3o2)cc1)c1ccccc1. The minimum Gasteiger partial charge on any atom is -0.437 e. The van der Waals surface area contributed by atoms with Crippen molar-refractivity contribution in [1.82, 2.24) is 4.98 Å². The predicted octanol–water partition coefficient (Wildman–Crippen LogP) is 4.11. The van der Waals surface area contributed by atoms with E-state index in [0.717, 1.165) is 0 Å². The van der Waals surface area contributed by atoms with Crippen LogP contribution in [-0.4, -0.2) is 10.9 Å². The molecular formula is C21H14N2O3. The van der Waals surface area contributed by atoms with E-state index in [1.54, 1.807) is 60.7 Å². The van der Waals surface area contributed by atoms with Crippen LogP contribution in [0.4, 0.5) is 5.69 Å². The van der Waals surface area contributed by atoms with Crippen LogP contribution in [-0.2, 0) is 0 Å². The number of aromatic nitrogens is 1. The molecule has 0 saturated heterocycles. The summed E-state index contributed by atoms with van der Waals surface area (Å²) in [6.45, 7) is 0. The minimum absolute atomic E-state index is 0.186. The van der Waals surface area contributed by atoms with Crippen LogP contribution in [0.2, 0.25) is 0 Å². The fraction of sp³-hybridized carbons (Fsp3) is 0. The molecule has 0 bridgehead atoms. The molecule has 5 heteroatoms. The molecule has 3 aromatic carbocycles. The smallest absolute Gasteiger partial charge is 0.284 e. The van der Waals surface area contributed by atoms with Crippen LogP contribution in [0, 0.1) is 0 Å². The molecule has 0 radical (unpaired) electrons. The van der Waals surface area contributed by atoms with E-state index in [9.17, 15) is 9.59 Å². The Hall–Kier alpha value is -3.73. The van der Waals surface area contributed by atoms with Gasteiger partial charge in [-0.25, -0.2) is 0 Å². The van der Waals surface area contributed by atoms with Crippen LogP contribution in [0.15, 0.2) is 88.1 Å². The maximum Gasteiger partial charge on any atom is 0.284 e. The average Bonchev–Trinajstić information content (AvgIpc) is 2.69. The van der Waals surface area contributed by atoms with Crippen LogP contribution in [0.25, 0.3) is 22.4 Å². The number of para-hydroxylation sites is 1. The van der Waals surface area contributed by atoms with Gasteiger partial charge < -0.3 is 9.73 Å². The summed E-state index contributed by atoms with van der Waals surface area (Å²) in [5, 5.41) is 3.27. The number of rotatable bonds is 3. The van der Waals surface area contributed by atoms with Gasteiger partial charge in [0.25, 0.3) is 11.5 Å². The van der Waals surface area contributed by atoms with Gasteiger partial charge in [0.1, 0.15) is 5.58 Å². The number of fused-ring (bicyclic) bond motifs is 1. The maximum atomic E-state index is 12.2. The first kappa shape index (κ1) is 15.8. The topological polar surface area (TPSA) is 72.2 Å². The molecule has 0 atom stereocenters. The Morgan fingerprint density at radius 2 is 1.54 bits per heavy atom. The number of hydrogen-bond donors (Lipinski definition) is 1. The molecule has 0 saturated carbocycles. The Labute approximate surface area is 148 Å². The summed E-state index contributed by atoms with van der Waals surface area (Å²) in [7, 11) is 0. The zero-order chi connectivity index (χ0) is 17.9. The van der Waals surface area contributed by atoms with Crippen molar-refractivity contribution in [2.45, 2.75) is 0 Å². The summed E-state index contributed by atoms with van der Waals surface area (Å²) in [6, 6.07) is 22.9. The van der Waals surface area contributed by atoms with Crippen LogP contribution < -0.4 is 10.9 Å². The molecule has 0 aliphatic rings. The van der Waals surface area contributed by atoms with Gasteiger partial charge in [0.2, 0.25) is 5.89 Å². The summed E-state index contributed by atoms with van der Waals surface area (Å²) < 4.78 is 5.72. The molecule has 4 aromatic rings. The van der Waals surface area contributed by atoms with Gasteiger partial charge in [-0.15, -0.1) is 0 Å². The van der Waals surface area contributed by atoms with E-state index in [4.69, 9.17) is 4.42 Å². The average molecular weight is 342 g/mol. The Balaban J connectivity index is 1.60. The number of carbonyl (C=O) groups excluding carboxylic acids is 1. The minimum atomic E-state index is -0.330. The standard InChI is InChI=1S/C21H14N2O3/c24-19(14-6-2-1-3-7-14)22-16-12-10-15(11-13-16)21-23-20(25)17-8-4-5-9-18(17)26-21/h1-13H,(H,22,24). The first-order valence-corrected chi connectivity index (χ1v) is 8.07. The number of anilines is 1. The summed E-state index contributed by atoms with van der Waals surface area (Å²) in [6.07, 6.45) is 0. The van der Waals surface area contributed by atoms with Gasteiger partial charge in [0.05, 0.1) is 5.39 Å². The Bertz CT molecular complexity index is 1130. The number of amides is 1. The first-order valence-electron chi connectivity index (χ1n) is 8.07. The van der Waals surface area contributed by atoms with Crippen molar-refractivity contribution in [3.8, 4) is 11.5 Å². The lowest BCUT2D eigenvalue weighted by atomic mass is 10.1. The lowest BCUT2D eigenvalue weighted by molar-refractivity contribution is 0.102. The third-order valence-corrected chi connectivity index (χ3v) is 3.95. The second-order valence-electron chi connectivity index (χ2n) is 5.72. The molecule has 0 aliphatic heterocycles. The van der Waals surface area contributed by atoms with E-state index in [0.29, 0.717) is 27.8 Å². The molecule has 5 nitrogen and oxygen atoms in total. The zero-order valence-corrected chi connectivity index (χ0v) is 13.7. The van der Waals surface area contributed by atoms with Crippen LogP contribution >= 0.6 is 0 Å². The van der Waals surface area contributed by atoms with Crippen molar-refractivity contribution >= 4 is 22.6 Å². The number of nitrogens with zero attached hydrogens (tertiary/aromatic N) is 1. The van der Waals surface area contributed by atoms with Crippen molar-refractivity contribution in [3.63, 3.8) is 0 Å². The molecule has 0 aliphatic carbocycles. The van der Waals surface area contributed by atoms with Gasteiger partial charge in [0.15, 0.2) is 0 Å². The largest absolute Gasteiger partial charge is 0.437 e. The van der Waals surface area contributed by atoms with Crippen molar-refractivity contribution in [3.05, 3.63) is 94.8 Å². The highest BCUT2D eigenvalue weighted by Gasteiger charge is 2.09. The lowest BCUT2D eigenvalue weighted by Crippen LogP contribution is -2.11. The highest BCUT2D eigenvalue weighted by molar-refractivity contribution is 6.04. The van der Waals surface area contributed by atoms with E-state index < -0.39 is 0 Å². The Morgan fingerprint density at radius 3 is 2.31 bits per heavy atom. The van der Waals surface area contributed by atoms with Crippen molar-refractivity contribution in [1.29, 1.82) is 0 Å². The van der Waals surface area contributed by atoms with Gasteiger partial charge in [-0.2, -0.15) is 4.98 Å². The maximum absolute atomic E-state index is 12.2. The van der Waals surface area contributed by atoms with E-state index in [1.165, 1.54) is 0 Å². The second kappa shape index (κ2) is 6.64. The quantitative estimate of drug-likeness (QED) is 0.608. The van der Waals surface area contributed by atoms with Gasteiger partial charge in [-0.05, 0) is 48.5 Å². The van der Waals surface area contributed by atoms with Crippen LogP contribution in [0.3, 0.4) is 0 Å².